The van der Waals surface area contributed by atoms with E-state index in [1.165, 1.54) is 5.69 Å². The fourth-order valence-corrected chi connectivity index (χ4v) is 2.73. The van der Waals surface area contributed by atoms with Crippen molar-refractivity contribution in [2.24, 2.45) is 5.92 Å². The van der Waals surface area contributed by atoms with Crippen LogP contribution in [0.25, 0.3) is 0 Å². The van der Waals surface area contributed by atoms with E-state index in [4.69, 9.17) is 0 Å². The number of aryl methyl sites for hydroxylation is 1. The predicted octanol–water partition coefficient (Wildman–Crippen LogP) is 2.60. The van der Waals surface area contributed by atoms with Gasteiger partial charge in [-0.1, -0.05) is 13.8 Å². The van der Waals surface area contributed by atoms with Crippen LogP contribution in [-0.4, -0.2) is 29.7 Å². The number of anilines is 1. The lowest BCUT2D eigenvalue weighted by Crippen LogP contribution is -2.63. The molecule has 2 heterocycles. The summed E-state index contributed by atoms with van der Waals surface area (Å²) in [5.74, 6) is 0.633. The van der Waals surface area contributed by atoms with Crippen LogP contribution in [0.3, 0.4) is 0 Å². The number of nitrogens with one attached hydrogen (secondary N) is 1. The van der Waals surface area contributed by atoms with E-state index in [0.29, 0.717) is 12.0 Å². The molecular weight excluding hydrogens is 222 g/mol. The van der Waals surface area contributed by atoms with Crippen LogP contribution in [0.2, 0.25) is 0 Å². The molecule has 1 aliphatic heterocycles. The molecule has 1 aliphatic rings. The number of hydrogen-bond acceptors (Lipinski definition) is 3. The minimum Gasteiger partial charge on any atom is -0.364 e. The molecule has 0 spiro atoms. The van der Waals surface area contributed by atoms with Crippen molar-refractivity contribution in [1.82, 2.24) is 10.3 Å². The largest absolute Gasteiger partial charge is 0.364 e. The maximum absolute atomic E-state index is 4.43. The van der Waals surface area contributed by atoms with Gasteiger partial charge in [-0.15, -0.1) is 0 Å². The zero-order chi connectivity index (χ0) is 13.3. The lowest BCUT2D eigenvalue weighted by atomic mass is 9.92. The van der Waals surface area contributed by atoms with Crippen LogP contribution >= 0.6 is 0 Å². The van der Waals surface area contributed by atoms with Crippen LogP contribution in [0.15, 0.2) is 18.3 Å². The fraction of sp³-hybridized carbons (Fsp3) is 0.667. The first-order chi connectivity index (χ1) is 8.41. The molecule has 3 nitrogen and oxygen atoms in total. The Hall–Kier alpha value is -1.09. The third-order valence-electron chi connectivity index (χ3n) is 3.81. The molecule has 1 atom stereocenters. The van der Waals surface area contributed by atoms with Crippen molar-refractivity contribution in [1.29, 1.82) is 0 Å². The number of piperazine rings is 1. The van der Waals surface area contributed by atoms with Crippen molar-refractivity contribution < 1.29 is 0 Å². The summed E-state index contributed by atoms with van der Waals surface area (Å²) >= 11 is 0. The molecule has 1 N–H and O–H groups in total. The van der Waals surface area contributed by atoms with Gasteiger partial charge in [0.1, 0.15) is 0 Å². The van der Waals surface area contributed by atoms with Gasteiger partial charge in [0.15, 0.2) is 0 Å². The minimum absolute atomic E-state index is 0.160. The standard InChI is InChI=1S/C15H25N3/c1-11(2)14-9-17-15(4,5)10-18(14)13-7-6-8-16-12(13)3/h6-8,11,14,17H,9-10H2,1-5H3. The molecule has 18 heavy (non-hydrogen) atoms. The summed E-state index contributed by atoms with van der Waals surface area (Å²) in [6.07, 6.45) is 1.87. The van der Waals surface area contributed by atoms with E-state index < -0.39 is 0 Å². The van der Waals surface area contributed by atoms with Crippen molar-refractivity contribution in [2.75, 3.05) is 18.0 Å². The Morgan fingerprint density at radius 3 is 2.78 bits per heavy atom. The first-order valence-electron chi connectivity index (χ1n) is 6.84. The third-order valence-corrected chi connectivity index (χ3v) is 3.81. The van der Waals surface area contributed by atoms with E-state index in [9.17, 15) is 0 Å². The molecule has 0 amide bonds. The minimum atomic E-state index is 0.160. The van der Waals surface area contributed by atoms with Crippen molar-refractivity contribution >= 4 is 5.69 Å². The summed E-state index contributed by atoms with van der Waals surface area (Å²) < 4.78 is 0. The zero-order valence-electron chi connectivity index (χ0n) is 12.2. The number of pyridine rings is 1. The zero-order valence-corrected chi connectivity index (χ0v) is 12.2. The molecule has 0 bridgehead atoms. The molecule has 2 rings (SSSR count). The van der Waals surface area contributed by atoms with Crippen molar-refractivity contribution in [3.8, 4) is 0 Å². The Kier molecular flexibility index (Phi) is 3.62. The van der Waals surface area contributed by atoms with Gasteiger partial charge in [-0.05, 0) is 38.8 Å². The predicted molar refractivity (Wildman–Crippen MR) is 77.0 cm³/mol. The summed E-state index contributed by atoms with van der Waals surface area (Å²) in [6, 6.07) is 4.77. The van der Waals surface area contributed by atoms with Crippen molar-refractivity contribution in [2.45, 2.75) is 46.2 Å². The highest BCUT2D eigenvalue weighted by Crippen LogP contribution is 2.28. The summed E-state index contributed by atoms with van der Waals surface area (Å²) in [5.41, 5.74) is 2.57. The Balaban J connectivity index is 2.33. The molecule has 1 saturated heterocycles. The van der Waals surface area contributed by atoms with Crippen molar-refractivity contribution in [3.63, 3.8) is 0 Å². The summed E-state index contributed by atoms with van der Waals surface area (Å²) in [7, 11) is 0. The summed E-state index contributed by atoms with van der Waals surface area (Å²) in [4.78, 5) is 6.97. The molecule has 1 fully saturated rings. The van der Waals surface area contributed by atoms with Gasteiger partial charge in [-0.25, -0.2) is 0 Å². The molecule has 0 saturated carbocycles. The smallest absolute Gasteiger partial charge is 0.0605 e. The fourth-order valence-electron chi connectivity index (χ4n) is 2.73. The van der Waals surface area contributed by atoms with Crippen LogP contribution in [-0.2, 0) is 0 Å². The molecule has 100 valence electrons. The number of rotatable bonds is 2. The van der Waals surface area contributed by atoms with Crippen LogP contribution in [0.4, 0.5) is 5.69 Å². The number of aromatic nitrogens is 1. The Bertz CT molecular complexity index is 412. The lowest BCUT2D eigenvalue weighted by Gasteiger charge is -2.47. The second kappa shape index (κ2) is 4.88. The summed E-state index contributed by atoms with van der Waals surface area (Å²) in [6.45, 7) is 13.3. The van der Waals surface area contributed by atoms with Gasteiger partial charge in [0, 0.05) is 30.9 Å². The maximum Gasteiger partial charge on any atom is 0.0605 e. The second-order valence-corrected chi connectivity index (χ2v) is 6.31. The molecule has 1 aromatic rings. The van der Waals surface area contributed by atoms with Crippen LogP contribution < -0.4 is 10.2 Å². The summed E-state index contributed by atoms with van der Waals surface area (Å²) in [5, 5.41) is 3.65. The normalized spacial score (nSPS) is 23.4. The highest BCUT2D eigenvalue weighted by Gasteiger charge is 2.34. The molecule has 1 aromatic heterocycles. The Morgan fingerprint density at radius 1 is 1.44 bits per heavy atom. The average Bonchev–Trinajstić information content (AvgIpc) is 2.27. The van der Waals surface area contributed by atoms with Gasteiger partial charge in [-0.3, -0.25) is 4.98 Å². The van der Waals surface area contributed by atoms with Gasteiger partial charge in [-0.2, -0.15) is 0 Å². The maximum atomic E-state index is 4.43. The first-order valence-corrected chi connectivity index (χ1v) is 6.84. The SMILES string of the molecule is Cc1ncccc1N1CC(C)(C)NCC1C(C)C. The van der Waals surface area contributed by atoms with Gasteiger partial charge >= 0.3 is 0 Å². The van der Waals surface area contributed by atoms with Crippen LogP contribution in [0, 0.1) is 12.8 Å². The third kappa shape index (κ3) is 2.66. The quantitative estimate of drug-likeness (QED) is 0.870. The lowest BCUT2D eigenvalue weighted by molar-refractivity contribution is 0.277. The van der Waals surface area contributed by atoms with Crippen molar-refractivity contribution in [3.05, 3.63) is 24.0 Å². The number of hydrogen-bond donors (Lipinski definition) is 1. The van der Waals surface area contributed by atoms with Gasteiger partial charge < -0.3 is 10.2 Å². The van der Waals surface area contributed by atoms with Crippen LogP contribution in [0.1, 0.15) is 33.4 Å². The number of nitrogens with zero attached hydrogens (tertiary/aromatic N) is 2. The van der Waals surface area contributed by atoms with Gasteiger partial charge in [0.2, 0.25) is 0 Å². The monoisotopic (exact) mass is 247 g/mol. The van der Waals surface area contributed by atoms with E-state index >= 15 is 0 Å². The molecule has 0 radical (unpaired) electrons. The molecule has 3 heteroatoms. The Morgan fingerprint density at radius 2 is 2.17 bits per heavy atom. The first kappa shape index (κ1) is 13.3. The van der Waals surface area contributed by atoms with Crippen LogP contribution in [0.5, 0.6) is 0 Å². The molecule has 0 aromatic carbocycles. The molecular formula is C15H25N3. The van der Waals surface area contributed by atoms with Gasteiger partial charge in [0.05, 0.1) is 11.4 Å². The Labute approximate surface area is 111 Å². The van der Waals surface area contributed by atoms with Gasteiger partial charge in [0.25, 0.3) is 0 Å². The van der Waals surface area contributed by atoms with E-state index in [-0.39, 0.29) is 5.54 Å². The van der Waals surface area contributed by atoms with E-state index in [1.54, 1.807) is 0 Å². The highest BCUT2D eigenvalue weighted by molar-refractivity contribution is 5.52. The highest BCUT2D eigenvalue weighted by atomic mass is 15.3. The molecule has 0 aliphatic carbocycles. The van der Waals surface area contributed by atoms with E-state index in [1.807, 2.05) is 12.3 Å². The second-order valence-electron chi connectivity index (χ2n) is 6.31. The van der Waals surface area contributed by atoms with E-state index in [0.717, 1.165) is 18.8 Å². The molecule has 1 unspecified atom stereocenters. The topological polar surface area (TPSA) is 28.2 Å². The average molecular weight is 247 g/mol. The van der Waals surface area contributed by atoms with E-state index in [2.05, 4.69) is 55.9 Å².